The van der Waals surface area contributed by atoms with Gasteiger partial charge in [-0.05, 0) is 62.9 Å². The smallest absolute Gasteiger partial charge is 0.261 e. The number of hydrogen-bond donors (Lipinski definition) is 3. The first kappa shape index (κ1) is 28.9. The molecule has 8 nitrogen and oxygen atoms in total. The number of rotatable bonds is 10. The largest absolute Gasteiger partial charge is 0.331 e. The second-order valence-corrected chi connectivity index (χ2v) is 15.1. The van der Waals surface area contributed by atoms with Gasteiger partial charge in [0.15, 0.2) is 0 Å². The number of sulfonamides is 2. The van der Waals surface area contributed by atoms with Crippen molar-refractivity contribution in [2.24, 2.45) is 11.1 Å². The summed E-state index contributed by atoms with van der Waals surface area (Å²) in [5.74, 6) is 0.767. The van der Waals surface area contributed by atoms with Crippen molar-refractivity contribution in [3.63, 3.8) is 0 Å². The Morgan fingerprint density at radius 1 is 1.05 bits per heavy atom. The van der Waals surface area contributed by atoms with E-state index in [9.17, 15) is 16.8 Å². The van der Waals surface area contributed by atoms with Gasteiger partial charge in [-0.15, -0.1) is 0 Å². The molecule has 0 radical (unpaired) electrons. The molecule has 2 atom stereocenters. The van der Waals surface area contributed by atoms with Gasteiger partial charge in [0.2, 0.25) is 10.0 Å². The first-order chi connectivity index (χ1) is 18.0. The van der Waals surface area contributed by atoms with Crippen LogP contribution in [0.2, 0.25) is 0 Å². The first-order valence-electron chi connectivity index (χ1n) is 13.1. The van der Waals surface area contributed by atoms with Crippen molar-refractivity contribution in [1.29, 1.82) is 0 Å². The third kappa shape index (κ3) is 6.93. The van der Waals surface area contributed by atoms with Crippen LogP contribution in [0.1, 0.15) is 64.9 Å². The average molecular weight is 579 g/mol. The van der Waals surface area contributed by atoms with Crippen LogP contribution in [-0.4, -0.2) is 28.3 Å². The maximum Gasteiger partial charge on any atom is 0.261 e. The molecule has 208 valence electrons. The lowest BCUT2D eigenvalue weighted by Gasteiger charge is -2.26. The minimum Gasteiger partial charge on any atom is -0.331 e. The summed E-state index contributed by atoms with van der Waals surface area (Å²) in [5, 5.41) is 8.70. The number of allylic oxidation sites excluding steroid dienone is 1. The van der Waals surface area contributed by atoms with E-state index < -0.39 is 20.0 Å². The number of nitrogens with one attached hydrogen (secondary N) is 2. The average Bonchev–Trinajstić information content (AvgIpc) is 3.18. The highest BCUT2D eigenvalue weighted by Gasteiger charge is 2.34. The van der Waals surface area contributed by atoms with Crippen LogP contribution in [0, 0.1) is 5.92 Å². The number of hydrogen-bond acceptors (Lipinski definition) is 7. The minimum absolute atomic E-state index is 0.0931. The van der Waals surface area contributed by atoms with Crippen molar-refractivity contribution >= 4 is 43.2 Å². The molecular weight excluding hydrogens is 541 g/mol. The molecule has 1 aliphatic heterocycles. The van der Waals surface area contributed by atoms with Gasteiger partial charge in [-0.2, -0.15) is 0 Å². The standard InChI is InChI=1S/C27H38N4O4S3/c1-19(16-22-10-5-4-6-11-22)29-18-23-12-7-8-15-26(23)30-38(34,35)25-14-9-13-24(17-25)31-20(2)27(36-21(31)3)37(28,32)33/h7-9,12-15,17,19,21-22,29-30H,4-6,10-11,16,18H2,1-3H3,(H2,28,32,33)/t19-,21?/m0/s1. The van der Waals surface area contributed by atoms with E-state index in [-0.39, 0.29) is 14.5 Å². The Labute approximate surface area is 231 Å². The molecule has 38 heavy (non-hydrogen) atoms. The molecule has 1 fully saturated rings. The zero-order valence-corrected chi connectivity index (χ0v) is 24.6. The summed E-state index contributed by atoms with van der Waals surface area (Å²) in [6.07, 6.45) is 7.72. The van der Waals surface area contributed by atoms with Crippen molar-refractivity contribution in [1.82, 2.24) is 5.32 Å². The predicted molar refractivity (Wildman–Crippen MR) is 157 cm³/mol. The number of nitrogens with two attached hydrogens (primary N) is 1. The number of primary sulfonamides is 1. The lowest BCUT2D eigenvalue weighted by molar-refractivity contribution is 0.305. The summed E-state index contributed by atoms with van der Waals surface area (Å²) < 4.78 is 53.7. The summed E-state index contributed by atoms with van der Waals surface area (Å²) in [4.78, 5) is 1.88. The second kappa shape index (κ2) is 12.0. The number of thioether (sulfide) groups is 1. The monoisotopic (exact) mass is 578 g/mol. The maximum atomic E-state index is 13.4. The third-order valence-corrected chi connectivity index (χ3v) is 11.5. The van der Waals surface area contributed by atoms with E-state index >= 15 is 0 Å². The first-order valence-corrected chi connectivity index (χ1v) is 17.0. The molecule has 4 N–H and O–H groups in total. The van der Waals surface area contributed by atoms with Crippen LogP contribution < -0.4 is 20.1 Å². The van der Waals surface area contributed by atoms with Crippen LogP contribution >= 0.6 is 11.8 Å². The van der Waals surface area contributed by atoms with Crippen molar-refractivity contribution in [3.05, 3.63) is 64.0 Å². The molecule has 1 aliphatic carbocycles. The van der Waals surface area contributed by atoms with Crippen molar-refractivity contribution < 1.29 is 16.8 Å². The van der Waals surface area contributed by atoms with Crippen LogP contribution in [0.4, 0.5) is 11.4 Å². The molecule has 0 aromatic heterocycles. The SMILES string of the molecule is CC1=C(S(N)(=O)=O)SC(C)N1c1cccc(S(=O)(=O)Nc2ccccc2CN[C@@H](C)CC2CCCCC2)c1. The van der Waals surface area contributed by atoms with Crippen LogP contribution in [0.25, 0.3) is 0 Å². The van der Waals surface area contributed by atoms with Gasteiger partial charge >= 0.3 is 0 Å². The van der Waals surface area contributed by atoms with Crippen molar-refractivity contribution in [2.45, 2.75) is 82.2 Å². The lowest BCUT2D eigenvalue weighted by atomic mass is 9.85. The van der Waals surface area contributed by atoms with Gasteiger partial charge in [0.05, 0.1) is 16.0 Å². The summed E-state index contributed by atoms with van der Waals surface area (Å²) >= 11 is 1.14. The highest BCUT2D eigenvalue weighted by atomic mass is 32.3. The Hall–Kier alpha value is -2.05. The zero-order chi connectivity index (χ0) is 27.5. The van der Waals surface area contributed by atoms with E-state index in [1.54, 1.807) is 36.1 Å². The summed E-state index contributed by atoms with van der Waals surface area (Å²) in [7, 11) is -7.76. The Morgan fingerprint density at radius 3 is 2.45 bits per heavy atom. The highest BCUT2D eigenvalue weighted by molar-refractivity contribution is 8.18. The van der Waals surface area contributed by atoms with Crippen LogP contribution in [0.15, 0.2) is 63.4 Å². The van der Waals surface area contributed by atoms with Gasteiger partial charge in [-0.25, -0.2) is 22.0 Å². The number of para-hydroxylation sites is 1. The Balaban J connectivity index is 1.49. The van der Waals surface area contributed by atoms with E-state index in [1.807, 2.05) is 25.1 Å². The summed E-state index contributed by atoms with van der Waals surface area (Å²) in [6, 6.07) is 14.3. The minimum atomic E-state index is -3.90. The number of anilines is 2. The van der Waals surface area contributed by atoms with E-state index in [0.29, 0.717) is 29.7 Å². The van der Waals surface area contributed by atoms with Crippen LogP contribution in [0.3, 0.4) is 0 Å². The fraction of sp³-hybridized carbons (Fsp3) is 0.481. The molecular formula is C27H38N4O4S3. The van der Waals surface area contributed by atoms with Crippen LogP contribution in [-0.2, 0) is 26.6 Å². The van der Waals surface area contributed by atoms with E-state index in [4.69, 9.17) is 5.14 Å². The highest BCUT2D eigenvalue weighted by Crippen LogP contribution is 2.43. The Bertz CT molecular complexity index is 1390. The van der Waals surface area contributed by atoms with E-state index in [1.165, 1.54) is 38.2 Å². The normalized spacial score (nSPS) is 20.1. The molecule has 0 spiro atoms. The fourth-order valence-corrected chi connectivity index (χ4v) is 8.98. The molecule has 11 heteroatoms. The molecule has 1 unspecified atom stereocenters. The third-order valence-electron chi connectivity index (χ3n) is 7.28. The molecule has 2 aromatic carbocycles. The Morgan fingerprint density at radius 2 is 1.76 bits per heavy atom. The molecule has 1 saturated carbocycles. The topological polar surface area (TPSA) is 122 Å². The van der Waals surface area contributed by atoms with Gasteiger partial charge in [0.1, 0.15) is 4.24 Å². The van der Waals surface area contributed by atoms with Gasteiger partial charge in [-0.1, -0.05) is 68.1 Å². The van der Waals surface area contributed by atoms with Gasteiger partial charge in [0, 0.05) is 24.0 Å². The molecule has 4 rings (SSSR count). The maximum absolute atomic E-state index is 13.4. The number of nitrogens with zero attached hydrogens (tertiary/aromatic N) is 1. The quantitative estimate of drug-likeness (QED) is 0.349. The van der Waals surface area contributed by atoms with Gasteiger partial charge in [-0.3, -0.25) is 4.72 Å². The lowest BCUT2D eigenvalue weighted by Crippen LogP contribution is -2.29. The zero-order valence-electron chi connectivity index (χ0n) is 22.2. The molecule has 2 aliphatic rings. The molecule has 2 aromatic rings. The van der Waals surface area contributed by atoms with E-state index in [0.717, 1.165) is 29.7 Å². The number of benzene rings is 2. The molecule has 0 saturated heterocycles. The predicted octanol–water partition coefficient (Wildman–Crippen LogP) is 5.31. The van der Waals surface area contributed by atoms with Crippen molar-refractivity contribution in [2.75, 3.05) is 9.62 Å². The molecule has 0 amide bonds. The Kier molecular flexibility index (Phi) is 9.14. The van der Waals surface area contributed by atoms with Crippen molar-refractivity contribution in [3.8, 4) is 0 Å². The van der Waals surface area contributed by atoms with Crippen LogP contribution in [0.5, 0.6) is 0 Å². The molecule has 1 heterocycles. The molecule has 0 bridgehead atoms. The van der Waals surface area contributed by atoms with Gasteiger partial charge in [0.25, 0.3) is 10.0 Å². The van der Waals surface area contributed by atoms with Gasteiger partial charge < -0.3 is 10.2 Å². The summed E-state index contributed by atoms with van der Waals surface area (Å²) in [5.41, 5.74) is 2.47. The second-order valence-electron chi connectivity index (χ2n) is 10.3. The fourth-order valence-electron chi connectivity index (χ4n) is 5.41. The summed E-state index contributed by atoms with van der Waals surface area (Å²) in [6.45, 7) is 6.29. The van der Waals surface area contributed by atoms with E-state index in [2.05, 4.69) is 17.0 Å².